The summed E-state index contributed by atoms with van der Waals surface area (Å²) in [6.45, 7) is 14.3. The first-order valence-electron chi connectivity index (χ1n) is 17.4. The van der Waals surface area contributed by atoms with E-state index in [1.54, 1.807) is 0 Å². The molecule has 0 radical (unpaired) electrons. The van der Waals surface area contributed by atoms with Crippen molar-refractivity contribution in [3.05, 3.63) is 124 Å². The smallest absolute Gasteiger partial charge is 0.192 e. The Morgan fingerprint density at radius 1 is 0.844 bits per heavy atom. The van der Waals surface area contributed by atoms with Gasteiger partial charge in [0.25, 0.3) is 0 Å². The molecule has 2 heteroatoms. The minimum atomic E-state index is -0.333. The second-order valence-electron chi connectivity index (χ2n) is 14.4. The van der Waals surface area contributed by atoms with Crippen molar-refractivity contribution in [2.75, 3.05) is 0 Å². The molecule has 0 amide bonds. The van der Waals surface area contributed by atoms with E-state index >= 15 is 0 Å². The summed E-state index contributed by atoms with van der Waals surface area (Å²) in [6, 6.07) is 32.4. The summed E-state index contributed by atoms with van der Waals surface area (Å²) in [6.07, 6.45) is 10.3. The Morgan fingerprint density at radius 3 is 2.20 bits per heavy atom. The molecule has 45 heavy (non-hydrogen) atoms. The monoisotopic (exact) mass is 591 g/mol. The van der Waals surface area contributed by atoms with Crippen LogP contribution in [0.15, 0.2) is 85.1 Å². The molecule has 0 saturated heterocycles. The SMILES string of the molecule is CCCCc1ccc(C2(c3ccccc3)CC(C)(C)c3c[n+]4c5c(cc(C#N)c6cccc(c65)C(CC)C4(CC)CC)c32)cc1. The largest absolute Gasteiger partial charge is 0.221 e. The maximum Gasteiger partial charge on any atom is 0.221 e. The van der Waals surface area contributed by atoms with E-state index in [0.717, 1.165) is 43.1 Å². The van der Waals surface area contributed by atoms with Crippen LogP contribution in [0.3, 0.4) is 0 Å². The second kappa shape index (κ2) is 10.8. The third-order valence-corrected chi connectivity index (χ3v) is 11.9. The summed E-state index contributed by atoms with van der Waals surface area (Å²) < 4.78 is 2.71. The van der Waals surface area contributed by atoms with Crippen LogP contribution in [0.2, 0.25) is 0 Å². The number of hydrogen-bond donors (Lipinski definition) is 0. The van der Waals surface area contributed by atoms with Gasteiger partial charge in [-0.25, -0.2) is 0 Å². The van der Waals surface area contributed by atoms with Crippen molar-refractivity contribution in [3.63, 3.8) is 0 Å². The zero-order valence-corrected chi connectivity index (χ0v) is 28.0. The van der Waals surface area contributed by atoms with Crippen LogP contribution in [0.1, 0.15) is 125 Å². The molecule has 2 nitrogen and oxygen atoms in total. The molecule has 2 unspecified atom stereocenters. The van der Waals surface area contributed by atoms with Crippen LogP contribution in [0.5, 0.6) is 0 Å². The lowest BCUT2D eigenvalue weighted by molar-refractivity contribution is -0.748. The van der Waals surface area contributed by atoms with Gasteiger partial charge in [-0.15, -0.1) is 0 Å². The van der Waals surface area contributed by atoms with Crippen LogP contribution in [-0.4, -0.2) is 0 Å². The van der Waals surface area contributed by atoms with Gasteiger partial charge in [-0.05, 0) is 65.0 Å². The highest BCUT2D eigenvalue weighted by Gasteiger charge is 2.56. The summed E-state index contributed by atoms with van der Waals surface area (Å²) in [5.74, 6) is 0.392. The Bertz CT molecular complexity index is 1950. The molecule has 4 aromatic carbocycles. The predicted molar refractivity (Wildman–Crippen MR) is 187 cm³/mol. The molecule has 1 aliphatic carbocycles. The van der Waals surface area contributed by atoms with E-state index in [1.165, 1.54) is 62.5 Å². The highest BCUT2D eigenvalue weighted by molar-refractivity contribution is 6.10. The van der Waals surface area contributed by atoms with Crippen molar-refractivity contribution in [1.29, 1.82) is 5.26 Å². The summed E-state index contributed by atoms with van der Waals surface area (Å²) in [5.41, 5.74) is 10.0. The minimum absolute atomic E-state index is 0.0214. The van der Waals surface area contributed by atoms with Gasteiger partial charge >= 0.3 is 0 Å². The second-order valence-corrected chi connectivity index (χ2v) is 14.4. The normalized spacial score (nSPS) is 20.9. The number of aromatic nitrogens is 1. The Morgan fingerprint density at radius 2 is 1.56 bits per heavy atom. The molecule has 0 fully saturated rings. The molecule has 0 saturated carbocycles. The van der Waals surface area contributed by atoms with E-state index in [9.17, 15) is 5.26 Å². The van der Waals surface area contributed by atoms with E-state index in [4.69, 9.17) is 0 Å². The molecular formula is C43H47N2+. The molecule has 0 N–H and O–H groups in total. The number of rotatable bonds is 8. The summed E-state index contributed by atoms with van der Waals surface area (Å²) in [7, 11) is 0. The molecule has 2 atom stereocenters. The lowest BCUT2D eigenvalue weighted by Gasteiger charge is -2.40. The first kappa shape index (κ1) is 29.7. The fourth-order valence-electron chi connectivity index (χ4n) is 9.74. The molecule has 0 spiro atoms. The number of fused-ring (bicyclic) bond motifs is 2. The number of aryl methyl sites for hydroxylation is 1. The van der Waals surface area contributed by atoms with Crippen LogP contribution < -0.4 is 4.57 Å². The molecule has 5 aromatic rings. The topological polar surface area (TPSA) is 27.7 Å². The number of pyridine rings is 1. The van der Waals surface area contributed by atoms with Gasteiger partial charge in [-0.1, -0.05) is 121 Å². The van der Waals surface area contributed by atoms with Crippen LogP contribution in [0.4, 0.5) is 0 Å². The van der Waals surface area contributed by atoms with Crippen molar-refractivity contribution in [2.45, 2.75) is 109 Å². The van der Waals surface area contributed by atoms with E-state index in [0.29, 0.717) is 5.92 Å². The zero-order valence-electron chi connectivity index (χ0n) is 28.0. The highest BCUT2D eigenvalue weighted by Crippen LogP contribution is 2.59. The van der Waals surface area contributed by atoms with Crippen LogP contribution in [-0.2, 0) is 22.8 Å². The van der Waals surface area contributed by atoms with Crippen molar-refractivity contribution in [2.24, 2.45) is 0 Å². The van der Waals surface area contributed by atoms with Gasteiger partial charge in [0, 0.05) is 35.1 Å². The van der Waals surface area contributed by atoms with Crippen LogP contribution in [0, 0.1) is 11.3 Å². The fraction of sp³-hybridized carbons (Fsp3) is 0.395. The number of nitriles is 1. The van der Waals surface area contributed by atoms with E-state index in [1.807, 2.05) is 0 Å². The summed E-state index contributed by atoms with van der Waals surface area (Å²) in [4.78, 5) is 0. The standard InChI is InChI=1S/C43H47N2/c1-7-11-16-29-21-23-32(24-22-29)43(31-17-13-12-14-18-31)28-41(5,6)37-27-45-40-35(39(37)43)25-30(26-44)33-19-15-20-34(38(33)40)36(8-2)42(45,9-3)10-4/h12-15,17-25,27,36H,7-11,16,28H2,1-6H3/q+1. The summed E-state index contributed by atoms with van der Waals surface area (Å²) in [5, 5.41) is 14.3. The maximum absolute atomic E-state index is 10.7. The number of unbranched alkanes of at least 4 members (excludes halogenated alkanes) is 1. The molecule has 228 valence electrons. The van der Waals surface area contributed by atoms with E-state index < -0.39 is 0 Å². The van der Waals surface area contributed by atoms with Gasteiger partial charge in [0.2, 0.25) is 5.52 Å². The lowest BCUT2D eigenvalue weighted by Crippen LogP contribution is -2.61. The molecule has 2 heterocycles. The highest BCUT2D eigenvalue weighted by atomic mass is 15.1. The Balaban J connectivity index is 1.68. The number of benzene rings is 4. The van der Waals surface area contributed by atoms with Crippen LogP contribution in [0.25, 0.3) is 21.7 Å². The molecule has 1 aliphatic heterocycles. The molecular weight excluding hydrogens is 544 g/mol. The van der Waals surface area contributed by atoms with Gasteiger partial charge in [-0.2, -0.15) is 9.83 Å². The number of hydrogen-bond acceptors (Lipinski definition) is 1. The van der Waals surface area contributed by atoms with Gasteiger partial charge in [-0.3, -0.25) is 0 Å². The minimum Gasteiger partial charge on any atom is -0.192 e. The summed E-state index contributed by atoms with van der Waals surface area (Å²) >= 11 is 0. The molecule has 7 rings (SSSR count). The third kappa shape index (κ3) is 4.02. The van der Waals surface area contributed by atoms with Crippen molar-refractivity contribution < 1.29 is 4.57 Å². The molecule has 0 bridgehead atoms. The Labute approximate surface area is 269 Å². The van der Waals surface area contributed by atoms with Crippen molar-refractivity contribution >= 4 is 21.7 Å². The quantitative estimate of drug-likeness (QED) is 0.130. The van der Waals surface area contributed by atoms with Gasteiger partial charge in [0.05, 0.1) is 22.4 Å². The van der Waals surface area contributed by atoms with Gasteiger partial charge < -0.3 is 0 Å². The van der Waals surface area contributed by atoms with E-state index in [2.05, 4.69) is 137 Å². The van der Waals surface area contributed by atoms with Crippen molar-refractivity contribution in [1.82, 2.24) is 0 Å². The van der Waals surface area contributed by atoms with Crippen molar-refractivity contribution in [3.8, 4) is 6.07 Å². The molecule has 1 aromatic heterocycles. The molecule has 2 aliphatic rings. The zero-order chi connectivity index (χ0) is 31.6. The first-order valence-corrected chi connectivity index (χ1v) is 17.4. The van der Waals surface area contributed by atoms with Gasteiger partial charge in [0.1, 0.15) is 0 Å². The van der Waals surface area contributed by atoms with Crippen LogP contribution >= 0.6 is 0 Å². The van der Waals surface area contributed by atoms with E-state index in [-0.39, 0.29) is 16.4 Å². The third-order valence-electron chi connectivity index (χ3n) is 11.9. The predicted octanol–water partition coefficient (Wildman–Crippen LogP) is 10.5. The average molecular weight is 592 g/mol. The number of nitrogens with zero attached hydrogens (tertiary/aromatic N) is 2. The average Bonchev–Trinajstić information content (AvgIpc) is 3.33. The Hall–Kier alpha value is -3.96. The lowest BCUT2D eigenvalue weighted by atomic mass is 9.66. The Kier molecular flexibility index (Phi) is 7.16. The maximum atomic E-state index is 10.7. The first-order chi connectivity index (χ1) is 21.8. The van der Waals surface area contributed by atoms with Gasteiger partial charge in [0.15, 0.2) is 11.7 Å². The fourth-order valence-corrected chi connectivity index (χ4v) is 9.74.